The number of benzene rings is 1. The number of methoxy groups -OCH3 is 1. The number of hydrogen-bond donors (Lipinski definition) is 2. The van der Waals surface area contributed by atoms with Gasteiger partial charge in [0, 0.05) is 18.5 Å². The quantitative estimate of drug-likeness (QED) is 0.898. The van der Waals surface area contributed by atoms with Gasteiger partial charge in [0.25, 0.3) is 0 Å². The highest BCUT2D eigenvalue weighted by Crippen LogP contribution is 2.45. The largest absolute Gasteiger partial charge is 0.496 e. The Morgan fingerprint density at radius 2 is 2.17 bits per heavy atom. The van der Waals surface area contributed by atoms with Crippen molar-refractivity contribution in [3.63, 3.8) is 0 Å². The van der Waals surface area contributed by atoms with Gasteiger partial charge in [-0.05, 0) is 42.5 Å². The first-order chi connectivity index (χ1) is 11.0. The number of allylic oxidation sites excluding steroid dienone is 2. The molecular weight excluding hydrogens is 301 g/mol. The third kappa shape index (κ3) is 2.79. The summed E-state index contributed by atoms with van der Waals surface area (Å²) in [5.41, 5.74) is 2.03. The van der Waals surface area contributed by atoms with E-state index in [0.29, 0.717) is 18.8 Å². The van der Waals surface area contributed by atoms with Crippen LogP contribution in [-0.4, -0.2) is 41.4 Å². The molecule has 0 atom stereocenters. The third-order valence-electron chi connectivity index (χ3n) is 4.93. The molecule has 2 N–H and O–H groups in total. The molecular formula is C17H20FNO4. The summed E-state index contributed by atoms with van der Waals surface area (Å²) in [6.07, 6.45) is 3.70. The lowest BCUT2D eigenvalue weighted by atomic mass is 9.69. The number of likely N-dealkylation sites (tertiary alicyclic amines) is 1. The first-order valence-electron chi connectivity index (χ1n) is 7.62. The number of hydrogen-bond acceptors (Lipinski definition) is 3. The van der Waals surface area contributed by atoms with Crippen molar-refractivity contribution in [2.45, 2.75) is 25.9 Å². The van der Waals surface area contributed by atoms with Crippen molar-refractivity contribution in [3.8, 4) is 5.75 Å². The van der Waals surface area contributed by atoms with E-state index in [1.807, 2.05) is 0 Å². The van der Waals surface area contributed by atoms with Crippen LogP contribution in [0.2, 0.25) is 0 Å². The van der Waals surface area contributed by atoms with Crippen LogP contribution in [0.1, 0.15) is 30.4 Å². The summed E-state index contributed by atoms with van der Waals surface area (Å²) in [7, 11) is 1.46. The van der Waals surface area contributed by atoms with Crippen LogP contribution in [0.4, 0.5) is 9.18 Å². The second-order valence-electron chi connectivity index (χ2n) is 6.37. The Morgan fingerprint density at radius 3 is 2.70 bits per heavy atom. The van der Waals surface area contributed by atoms with Gasteiger partial charge in [0.2, 0.25) is 0 Å². The number of rotatable bonds is 3. The Kier molecular flexibility index (Phi) is 4.02. The molecule has 0 saturated carbocycles. The van der Waals surface area contributed by atoms with Gasteiger partial charge >= 0.3 is 6.09 Å². The van der Waals surface area contributed by atoms with Crippen molar-refractivity contribution >= 4 is 11.7 Å². The lowest BCUT2D eigenvalue weighted by molar-refractivity contribution is 0.00503. The summed E-state index contributed by atoms with van der Waals surface area (Å²) in [6.45, 7) is 0.753. The monoisotopic (exact) mass is 321 g/mol. The standard InChI is InChI=1S/C17H20FNO4/c1-23-15-7-12(6-14(18)13(15)8-20)11-2-4-17(5-3-11)9-19(10-17)16(21)22/h2,6-7,20H,3-5,8-10H2,1H3,(H,21,22). The van der Waals surface area contributed by atoms with Crippen LogP contribution in [-0.2, 0) is 6.61 Å². The molecule has 1 spiro atoms. The number of ether oxygens (including phenoxy) is 1. The Hall–Kier alpha value is -2.08. The van der Waals surface area contributed by atoms with Crippen LogP contribution in [0.5, 0.6) is 5.75 Å². The summed E-state index contributed by atoms with van der Waals surface area (Å²) in [5, 5.41) is 18.2. The van der Waals surface area contributed by atoms with Crippen LogP contribution in [0.25, 0.3) is 5.57 Å². The zero-order valence-corrected chi connectivity index (χ0v) is 13.0. The van der Waals surface area contributed by atoms with Gasteiger partial charge in [-0.25, -0.2) is 9.18 Å². The maximum atomic E-state index is 14.1. The molecule has 1 fully saturated rings. The SMILES string of the molecule is COc1cc(C2=CCC3(CC2)CN(C(=O)O)C3)cc(F)c1CO. The maximum Gasteiger partial charge on any atom is 0.407 e. The predicted octanol–water partition coefficient (Wildman–Crippen LogP) is 2.87. The van der Waals surface area contributed by atoms with E-state index in [-0.39, 0.29) is 11.0 Å². The van der Waals surface area contributed by atoms with Crippen LogP contribution < -0.4 is 4.74 Å². The summed E-state index contributed by atoms with van der Waals surface area (Å²) >= 11 is 0. The van der Waals surface area contributed by atoms with Gasteiger partial charge in [-0.3, -0.25) is 0 Å². The molecule has 1 amide bonds. The minimum atomic E-state index is -0.864. The fourth-order valence-corrected chi connectivity index (χ4v) is 3.52. The highest BCUT2D eigenvalue weighted by molar-refractivity contribution is 5.70. The number of amides is 1. The van der Waals surface area contributed by atoms with E-state index in [9.17, 15) is 14.3 Å². The summed E-state index contributed by atoms with van der Waals surface area (Å²) < 4.78 is 19.2. The number of carbonyl (C=O) groups is 1. The number of aliphatic hydroxyl groups is 1. The van der Waals surface area contributed by atoms with Crippen molar-refractivity contribution in [1.29, 1.82) is 0 Å². The minimum absolute atomic E-state index is 0.0512. The zero-order chi connectivity index (χ0) is 16.6. The number of aliphatic hydroxyl groups excluding tert-OH is 1. The van der Waals surface area contributed by atoms with Crippen LogP contribution in [0.3, 0.4) is 0 Å². The van der Waals surface area contributed by atoms with Gasteiger partial charge in [-0.1, -0.05) is 6.08 Å². The average Bonchev–Trinajstić information content (AvgIpc) is 2.51. The fourth-order valence-electron chi connectivity index (χ4n) is 3.52. The van der Waals surface area contributed by atoms with E-state index in [2.05, 4.69) is 6.08 Å². The van der Waals surface area contributed by atoms with E-state index in [1.165, 1.54) is 18.1 Å². The number of carboxylic acid groups (broad SMARTS) is 1. The Bertz CT molecular complexity index is 665. The van der Waals surface area contributed by atoms with Crippen molar-refractivity contribution in [2.75, 3.05) is 20.2 Å². The van der Waals surface area contributed by atoms with E-state index < -0.39 is 18.5 Å². The smallest absolute Gasteiger partial charge is 0.407 e. The highest BCUT2D eigenvalue weighted by atomic mass is 19.1. The minimum Gasteiger partial charge on any atom is -0.496 e. The van der Waals surface area contributed by atoms with Crippen molar-refractivity contribution in [3.05, 3.63) is 35.2 Å². The van der Waals surface area contributed by atoms with Crippen molar-refractivity contribution < 1.29 is 24.1 Å². The van der Waals surface area contributed by atoms with Crippen molar-refractivity contribution in [2.24, 2.45) is 5.41 Å². The van der Waals surface area contributed by atoms with Gasteiger partial charge in [0.05, 0.1) is 19.3 Å². The van der Waals surface area contributed by atoms with Gasteiger partial charge in [-0.2, -0.15) is 0 Å². The van der Waals surface area contributed by atoms with Gasteiger partial charge < -0.3 is 19.8 Å². The molecule has 1 heterocycles. The molecule has 1 aromatic carbocycles. The maximum absolute atomic E-state index is 14.1. The molecule has 1 aliphatic heterocycles. The topological polar surface area (TPSA) is 70.0 Å². The van der Waals surface area contributed by atoms with Crippen molar-refractivity contribution in [1.82, 2.24) is 4.90 Å². The molecule has 124 valence electrons. The average molecular weight is 321 g/mol. The van der Waals surface area contributed by atoms with E-state index >= 15 is 0 Å². The van der Waals surface area contributed by atoms with Gasteiger partial charge in [0.1, 0.15) is 11.6 Å². The number of nitrogens with zero attached hydrogens (tertiary/aromatic N) is 1. The first-order valence-corrected chi connectivity index (χ1v) is 7.62. The molecule has 0 unspecified atom stereocenters. The van der Waals surface area contributed by atoms with Gasteiger partial charge in [0.15, 0.2) is 0 Å². The first kappa shape index (κ1) is 15.8. The lowest BCUT2D eigenvalue weighted by Gasteiger charge is -2.50. The number of halogens is 1. The third-order valence-corrected chi connectivity index (χ3v) is 4.93. The van der Waals surface area contributed by atoms with Crippen LogP contribution >= 0.6 is 0 Å². The van der Waals surface area contributed by atoms with E-state index in [1.54, 1.807) is 6.07 Å². The summed E-state index contributed by atoms with van der Waals surface area (Å²) in [6, 6.07) is 3.19. The molecule has 0 radical (unpaired) electrons. The molecule has 2 aliphatic rings. The van der Waals surface area contributed by atoms with E-state index in [4.69, 9.17) is 9.84 Å². The summed E-state index contributed by atoms with van der Waals surface area (Å²) in [5.74, 6) is -0.117. The van der Waals surface area contributed by atoms with E-state index in [0.717, 1.165) is 30.4 Å². The van der Waals surface area contributed by atoms with Gasteiger partial charge in [-0.15, -0.1) is 0 Å². The molecule has 1 aromatic rings. The molecule has 1 saturated heterocycles. The molecule has 6 heteroatoms. The molecule has 23 heavy (non-hydrogen) atoms. The van der Waals surface area contributed by atoms with Crippen LogP contribution in [0, 0.1) is 11.2 Å². The zero-order valence-electron chi connectivity index (χ0n) is 13.0. The molecule has 0 aromatic heterocycles. The molecule has 5 nitrogen and oxygen atoms in total. The Balaban J connectivity index is 1.78. The fraction of sp³-hybridized carbons (Fsp3) is 0.471. The second kappa shape index (κ2) is 5.85. The normalized spacial score (nSPS) is 19.3. The highest BCUT2D eigenvalue weighted by Gasteiger charge is 2.45. The molecule has 1 aliphatic carbocycles. The lowest BCUT2D eigenvalue weighted by Crippen LogP contribution is -2.58. The molecule has 3 rings (SSSR count). The Labute approximate surface area is 134 Å². The molecule has 0 bridgehead atoms. The Morgan fingerprint density at radius 1 is 1.43 bits per heavy atom. The van der Waals surface area contributed by atoms with Crippen LogP contribution in [0.15, 0.2) is 18.2 Å². The summed E-state index contributed by atoms with van der Waals surface area (Å²) in [4.78, 5) is 12.3. The second-order valence-corrected chi connectivity index (χ2v) is 6.37. The predicted molar refractivity (Wildman–Crippen MR) is 82.7 cm³/mol.